The molecule has 0 aliphatic carbocycles. The summed E-state index contributed by atoms with van der Waals surface area (Å²) in [7, 11) is 2.11. The summed E-state index contributed by atoms with van der Waals surface area (Å²) in [6.45, 7) is 2.13. The summed E-state index contributed by atoms with van der Waals surface area (Å²) in [6.07, 6.45) is 1.13. The molecule has 0 unspecified atom stereocenters. The lowest BCUT2D eigenvalue weighted by Crippen LogP contribution is -2.25. The van der Waals surface area contributed by atoms with E-state index in [0.717, 1.165) is 19.5 Å². The Morgan fingerprint density at radius 2 is 2.50 bits per heavy atom. The second-order valence-corrected chi connectivity index (χ2v) is 3.47. The smallest absolute Gasteiger partial charge is 0.0927 e. The summed E-state index contributed by atoms with van der Waals surface area (Å²) in [5.41, 5.74) is 1.18. The van der Waals surface area contributed by atoms with Crippen LogP contribution in [0, 0.1) is 0 Å². The van der Waals surface area contributed by atoms with Crippen molar-refractivity contribution >= 4 is 11.5 Å². The summed E-state index contributed by atoms with van der Waals surface area (Å²) in [5, 5.41) is 4.03. The molecule has 0 fully saturated rings. The van der Waals surface area contributed by atoms with Gasteiger partial charge in [-0.05, 0) is 25.0 Å². The van der Waals surface area contributed by atoms with Gasteiger partial charge in [-0.25, -0.2) is 0 Å². The molecule has 0 aromatic carbocycles. The van der Waals surface area contributed by atoms with Gasteiger partial charge in [0.05, 0.1) is 10.6 Å². The standard InChI is InChI=1S/C6H9N3S/c1-9-3-2-6-5(4-9)7-8-10-6/h2-4H2,1H3. The Morgan fingerprint density at radius 1 is 1.60 bits per heavy atom. The highest BCUT2D eigenvalue weighted by molar-refractivity contribution is 7.05. The summed E-state index contributed by atoms with van der Waals surface area (Å²) in [5.74, 6) is 0. The third-order valence-electron chi connectivity index (χ3n) is 1.77. The average molecular weight is 155 g/mol. The Bertz CT molecular complexity index is 233. The number of fused-ring (bicyclic) bond motifs is 1. The minimum Gasteiger partial charge on any atom is -0.300 e. The largest absolute Gasteiger partial charge is 0.300 e. The van der Waals surface area contributed by atoms with Crippen molar-refractivity contribution in [1.29, 1.82) is 0 Å². The van der Waals surface area contributed by atoms with Gasteiger partial charge >= 0.3 is 0 Å². The monoisotopic (exact) mass is 155 g/mol. The third kappa shape index (κ3) is 0.932. The molecule has 10 heavy (non-hydrogen) atoms. The zero-order valence-electron chi connectivity index (χ0n) is 5.87. The molecule has 0 bridgehead atoms. The first kappa shape index (κ1) is 6.24. The fourth-order valence-electron chi connectivity index (χ4n) is 1.16. The van der Waals surface area contributed by atoms with E-state index in [9.17, 15) is 0 Å². The van der Waals surface area contributed by atoms with Gasteiger partial charge in [-0.3, -0.25) is 0 Å². The molecule has 1 aliphatic rings. The van der Waals surface area contributed by atoms with Crippen LogP contribution >= 0.6 is 11.5 Å². The average Bonchev–Trinajstić information content (AvgIpc) is 2.33. The minimum absolute atomic E-state index is 0.978. The zero-order valence-corrected chi connectivity index (χ0v) is 6.69. The van der Waals surface area contributed by atoms with Crippen molar-refractivity contribution in [1.82, 2.24) is 14.5 Å². The van der Waals surface area contributed by atoms with Gasteiger partial charge < -0.3 is 4.90 Å². The number of hydrogen-bond donors (Lipinski definition) is 0. The quantitative estimate of drug-likeness (QED) is 0.547. The van der Waals surface area contributed by atoms with Gasteiger partial charge in [-0.1, -0.05) is 4.49 Å². The molecule has 4 heteroatoms. The first-order valence-corrected chi connectivity index (χ1v) is 4.12. The van der Waals surface area contributed by atoms with Crippen molar-refractivity contribution < 1.29 is 0 Å². The van der Waals surface area contributed by atoms with Crippen LogP contribution < -0.4 is 0 Å². The lowest BCUT2D eigenvalue weighted by atomic mass is 10.2. The van der Waals surface area contributed by atoms with E-state index >= 15 is 0 Å². The van der Waals surface area contributed by atoms with E-state index in [-0.39, 0.29) is 0 Å². The van der Waals surface area contributed by atoms with Gasteiger partial charge in [-0.2, -0.15) is 0 Å². The van der Waals surface area contributed by atoms with E-state index in [1.807, 2.05) is 0 Å². The van der Waals surface area contributed by atoms with Crippen molar-refractivity contribution in [3.63, 3.8) is 0 Å². The van der Waals surface area contributed by atoms with Crippen LogP contribution in [0.2, 0.25) is 0 Å². The molecule has 54 valence electrons. The summed E-state index contributed by atoms with van der Waals surface area (Å²) >= 11 is 1.54. The van der Waals surface area contributed by atoms with Gasteiger partial charge in [0.1, 0.15) is 0 Å². The number of aromatic nitrogens is 2. The molecule has 0 radical (unpaired) electrons. The molecule has 0 amide bonds. The van der Waals surface area contributed by atoms with Gasteiger partial charge in [0.25, 0.3) is 0 Å². The lowest BCUT2D eigenvalue weighted by Gasteiger charge is -2.19. The number of hydrogen-bond acceptors (Lipinski definition) is 4. The van der Waals surface area contributed by atoms with E-state index < -0.39 is 0 Å². The third-order valence-corrected chi connectivity index (χ3v) is 2.60. The van der Waals surface area contributed by atoms with Crippen LogP contribution in [0.4, 0.5) is 0 Å². The fraction of sp³-hybridized carbons (Fsp3) is 0.667. The SMILES string of the molecule is CN1CCc2snnc2C1. The molecular weight excluding hydrogens is 146 g/mol. The molecule has 0 saturated carbocycles. The van der Waals surface area contributed by atoms with Crippen molar-refractivity contribution in [3.05, 3.63) is 10.6 Å². The van der Waals surface area contributed by atoms with Crippen LogP contribution in [0.25, 0.3) is 0 Å². The van der Waals surface area contributed by atoms with E-state index in [4.69, 9.17) is 0 Å². The Hall–Kier alpha value is -0.480. The molecule has 0 N–H and O–H groups in total. The Balaban J connectivity index is 2.30. The van der Waals surface area contributed by atoms with Crippen LogP contribution in [0.5, 0.6) is 0 Å². The maximum Gasteiger partial charge on any atom is 0.0927 e. The highest BCUT2D eigenvalue weighted by Crippen LogP contribution is 2.17. The molecule has 2 rings (SSSR count). The van der Waals surface area contributed by atoms with E-state index in [1.54, 1.807) is 0 Å². The fourth-order valence-corrected chi connectivity index (χ4v) is 1.80. The van der Waals surface area contributed by atoms with Gasteiger partial charge in [0.15, 0.2) is 0 Å². The Labute approximate surface area is 63.8 Å². The normalized spacial score (nSPS) is 18.9. The maximum absolute atomic E-state index is 4.03. The van der Waals surface area contributed by atoms with Crippen molar-refractivity contribution in [2.45, 2.75) is 13.0 Å². The number of likely N-dealkylation sites (N-methyl/N-ethyl adjacent to an activating group) is 1. The molecule has 1 aromatic rings. The molecule has 0 atom stereocenters. The summed E-state index contributed by atoms with van der Waals surface area (Å²) in [6, 6.07) is 0. The summed E-state index contributed by atoms with van der Waals surface area (Å²) < 4.78 is 3.90. The van der Waals surface area contributed by atoms with Gasteiger partial charge in [0.2, 0.25) is 0 Å². The van der Waals surface area contributed by atoms with Crippen LogP contribution in [-0.4, -0.2) is 28.1 Å². The molecule has 2 heterocycles. The van der Waals surface area contributed by atoms with Crippen LogP contribution in [0.3, 0.4) is 0 Å². The van der Waals surface area contributed by atoms with E-state index in [2.05, 4.69) is 21.5 Å². The van der Waals surface area contributed by atoms with Crippen LogP contribution in [-0.2, 0) is 13.0 Å². The van der Waals surface area contributed by atoms with Crippen molar-refractivity contribution in [2.75, 3.05) is 13.6 Å². The van der Waals surface area contributed by atoms with Crippen LogP contribution in [0.1, 0.15) is 10.6 Å². The van der Waals surface area contributed by atoms with Crippen molar-refractivity contribution in [3.8, 4) is 0 Å². The Morgan fingerprint density at radius 3 is 3.40 bits per heavy atom. The zero-order chi connectivity index (χ0) is 6.97. The molecule has 1 aromatic heterocycles. The lowest BCUT2D eigenvalue weighted by molar-refractivity contribution is 0.310. The van der Waals surface area contributed by atoms with Gasteiger partial charge in [0, 0.05) is 13.1 Å². The minimum atomic E-state index is 0.978. The molecule has 3 nitrogen and oxygen atoms in total. The number of rotatable bonds is 0. The van der Waals surface area contributed by atoms with Crippen LogP contribution in [0.15, 0.2) is 0 Å². The first-order chi connectivity index (χ1) is 4.86. The second-order valence-electron chi connectivity index (χ2n) is 2.63. The summed E-state index contributed by atoms with van der Waals surface area (Å²) in [4.78, 5) is 3.64. The highest BCUT2D eigenvalue weighted by Gasteiger charge is 2.15. The van der Waals surface area contributed by atoms with Crippen molar-refractivity contribution in [2.24, 2.45) is 0 Å². The van der Waals surface area contributed by atoms with E-state index in [1.165, 1.54) is 22.1 Å². The van der Waals surface area contributed by atoms with E-state index in [0.29, 0.717) is 0 Å². The molecular formula is C6H9N3S. The topological polar surface area (TPSA) is 29.0 Å². The first-order valence-electron chi connectivity index (χ1n) is 3.35. The maximum atomic E-state index is 4.03. The van der Waals surface area contributed by atoms with Gasteiger partial charge in [-0.15, -0.1) is 5.10 Å². The molecule has 1 aliphatic heterocycles. The molecule has 0 spiro atoms. The predicted molar refractivity (Wildman–Crippen MR) is 39.9 cm³/mol. The Kier molecular flexibility index (Phi) is 1.43. The molecule has 0 saturated heterocycles. The second kappa shape index (κ2) is 2.29. The highest BCUT2D eigenvalue weighted by atomic mass is 32.1. The number of nitrogens with zero attached hydrogens (tertiary/aromatic N) is 3. The predicted octanol–water partition coefficient (Wildman–Crippen LogP) is 0.526.